The number of aliphatic hydroxyl groups is 1. The monoisotopic (exact) mass is 503 g/mol. The molecule has 2 saturated heterocycles. The maximum Gasteiger partial charge on any atom is 0.315 e. The van der Waals surface area contributed by atoms with Gasteiger partial charge >= 0.3 is 6.03 Å². The molecule has 2 amide bonds. The van der Waals surface area contributed by atoms with Gasteiger partial charge in [-0.25, -0.2) is 4.79 Å². The van der Waals surface area contributed by atoms with Gasteiger partial charge in [-0.2, -0.15) is 0 Å². The summed E-state index contributed by atoms with van der Waals surface area (Å²) in [4.78, 5) is 15.8. The Morgan fingerprint density at radius 3 is 1.89 bits per heavy atom. The number of hydrogen-bond donors (Lipinski definition) is 3. The minimum atomic E-state index is -1.32. The molecule has 0 aromatic heterocycles. The van der Waals surface area contributed by atoms with Gasteiger partial charge < -0.3 is 20.6 Å². The lowest BCUT2D eigenvalue weighted by atomic mass is 9.81. The van der Waals surface area contributed by atoms with E-state index in [9.17, 15) is 9.90 Å². The SMILES string of the molecule is C[C@H](NC(=O)NC1CCC(CCN2C[C@H]3CC[C@@H](CC3)C2)CC1)C(O)(c1ccccc1)c1ccccc1. The maximum absolute atomic E-state index is 13.0. The molecule has 2 aromatic carbocycles. The zero-order chi connectivity index (χ0) is 25.7. The Labute approximate surface area is 223 Å². The second-order valence-corrected chi connectivity index (χ2v) is 12.0. The molecule has 2 aliphatic heterocycles. The molecule has 5 heteroatoms. The fourth-order valence-corrected chi connectivity index (χ4v) is 7.12. The summed E-state index contributed by atoms with van der Waals surface area (Å²) in [5.74, 6) is 2.67. The molecule has 200 valence electrons. The molecule has 3 N–H and O–H groups in total. The van der Waals surface area contributed by atoms with Crippen molar-refractivity contribution in [3.8, 4) is 0 Å². The summed E-state index contributed by atoms with van der Waals surface area (Å²) in [5, 5.41) is 18.2. The number of hydrogen-bond acceptors (Lipinski definition) is 3. The normalized spacial score (nSPS) is 27.3. The minimum absolute atomic E-state index is 0.193. The molecule has 6 rings (SSSR count). The van der Waals surface area contributed by atoms with E-state index in [1.807, 2.05) is 67.6 Å². The van der Waals surface area contributed by atoms with Crippen LogP contribution in [0.1, 0.15) is 75.8 Å². The zero-order valence-corrected chi connectivity index (χ0v) is 22.4. The number of carbonyl (C=O) groups is 1. The van der Waals surface area contributed by atoms with E-state index in [-0.39, 0.29) is 12.1 Å². The van der Waals surface area contributed by atoms with Gasteiger partial charge in [0, 0.05) is 19.1 Å². The highest BCUT2D eigenvalue weighted by Gasteiger charge is 2.39. The number of benzene rings is 2. The second-order valence-electron chi connectivity index (χ2n) is 12.0. The predicted molar refractivity (Wildman–Crippen MR) is 149 cm³/mol. The van der Waals surface area contributed by atoms with Crippen molar-refractivity contribution in [1.82, 2.24) is 15.5 Å². The predicted octanol–water partition coefficient (Wildman–Crippen LogP) is 5.68. The van der Waals surface area contributed by atoms with E-state index in [1.165, 1.54) is 64.6 Å². The van der Waals surface area contributed by atoms with Crippen LogP contribution in [0, 0.1) is 17.8 Å². The quantitative estimate of drug-likeness (QED) is 0.434. The van der Waals surface area contributed by atoms with Crippen molar-refractivity contribution in [2.45, 2.75) is 82.4 Å². The molecule has 0 unspecified atom stereocenters. The van der Waals surface area contributed by atoms with Gasteiger partial charge in [0.1, 0.15) is 5.60 Å². The average Bonchev–Trinajstić information content (AvgIpc) is 3.26. The Kier molecular flexibility index (Phi) is 8.51. The molecule has 0 radical (unpaired) electrons. The molecule has 1 atom stereocenters. The lowest BCUT2D eigenvalue weighted by Gasteiger charge is -2.36. The minimum Gasteiger partial charge on any atom is -0.378 e. The highest BCUT2D eigenvalue weighted by atomic mass is 16.3. The number of fused-ring (bicyclic) bond motifs is 4. The smallest absolute Gasteiger partial charge is 0.315 e. The first-order valence-corrected chi connectivity index (χ1v) is 14.6. The van der Waals surface area contributed by atoms with Crippen molar-refractivity contribution in [1.29, 1.82) is 0 Å². The van der Waals surface area contributed by atoms with Gasteiger partial charge in [0.15, 0.2) is 0 Å². The Morgan fingerprint density at radius 1 is 0.865 bits per heavy atom. The zero-order valence-electron chi connectivity index (χ0n) is 22.4. The summed E-state index contributed by atoms with van der Waals surface area (Å²) >= 11 is 0. The van der Waals surface area contributed by atoms with Crippen LogP contribution in [0.15, 0.2) is 60.7 Å². The van der Waals surface area contributed by atoms with Gasteiger partial charge in [0.05, 0.1) is 6.04 Å². The van der Waals surface area contributed by atoms with Gasteiger partial charge in [-0.3, -0.25) is 0 Å². The van der Waals surface area contributed by atoms with Gasteiger partial charge in [-0.1, -0.05) is 60.7 Å². The van der Waals surface area contributed by atoms with E-state index < -0.39 is 11.6 Å². The topological polar surface area (TPSA) is 64.6 Å². The van der Waals surface area contributed by atoms with Crippen LogP contribution >= 0.6 is 0 Å². The third-order valence-corrected chi connectivity index (χ3v) is 9.44. The Hall–Kier alpha value is -2.37. The lowest BCUT2D eigenvalue weighted by Crippen LogP contribution is -2.54. The summed E-state index contributed by atoms with van der Waals surface area (Å²) in [6.45, 7) is 5.78. The van der Waals surface area contributed by atoms with E-state index in [0.29, 0.717) is 0 Å². The van der Waals surface area contributed by atoms with E-state index >= 15 is 0 Å². The third kappa shape index (κ3) is 6.38. The Morgan fingerprint density at radius 2 is 1.38 bits per heavy atom. The number of rotatable bonds is 8. The fourth-order valence-electron chi connectivity index (χ4n) is 7.12. The second kappa shape index (κ2) is 12.0. The highest BCUT2D eigenvalue weighted by Crippen LogP contribution is 2.35. The number of carbonyl (C=O) groups excluding carboxylic acids is 1. The van der Waals surface area contributed by atoms with Crippen molar-refractivity contribution < 1.29 is 9.90 Å². The van der Waals surface area contributed by atoms with E-state index in [2.05, 4.69) is 15.5 Å². The lowest BCUT2D eigenvalue weighted by molar-refractivity contribution is 0.0470. The van der Waals surface area contributed by atoms with E-state index in [1.54, 1.807) is 0 Å². The fraction of sp³-hybridized carbons (Fsp3) is 0.594. The molecular formula is C32H45N3O2. The van der Waals surface area contributed by atoms with Crippen LogP contribution in [0.5, 0.6) is 0 Å². The summed E-state index contributed by atoms with van der Waals surface area (Å²) in [7, 11) is 0. The van der Waals surface area contributed by atoms with Gasteiger partial charge in [0.25, 0.3) is 0 Å². The summed E-state index contributed by atoms with van der Waals surface area (Å²) < 4.78 is 0. The van der Waals surface area contributed by atoms with Gasteiger partial charge in [-0.15, -0.1) is 0 Å². The van der Waals surface area contributed by atoms with Crippen molar-refractivity contribution in [2.24, 2.45) is 17.8 Å². The molecule has 2 bridgehead atoms. The third-order valence-electron chi connectivity index (χ3n) is 9.44. The number of nitrogens with one attached hydrogen (secondary N) is 2. The van der Waals surface area contributed by atoms with Gasteiger partial charge in [0.2, 0.25) is 0 Å². The first-order chi connectivity index (χ1) is 18.0. The van der Waals surface area contributed by atoms with Crippen molar-refractivity contribution in [3.05, 3.63) is 71.8 Å². The molecule has 37 heavy (non-hydrogen) atoms. The standard InChI is InChI=1S/C32H45N3O2/c1-24(32(37,28-8-4-2-5-9-28)29-10-6-3-7-11-29)33-31(36)34-30-18-16-25(17-19-30)20-21-35-22-26-12-13-27(23-35)15-14-26/h2-11,24-27,30,37H,12-23H2,1H3,(H2,33,34,36)/t24-,25?,26-,27-,30?/m0/s1. The molecule has 4 fully saturated rings. The van der Waals surface area contributed by atoms with Crippen molar-refractivity contribution >= 4 is 6.03 Å². The summed E-state index contributed by atoms with van der Waals surface area (Å²) in [6, 6.07) is 18.7. The van der Waals surface area contributed by atoms with Crippen molar-refractivity contribution in [3.63, 3.8) is 0 Å². The average molecular weight is 504 g/mol. The molecule has 5 nitrogen and oxygen atoms in total. The molecule has 2 aromatic rings. The molecule has 2 saturated carbocycles. The van der Waals surface area contributed by atoms with Crippen molar-refractivity contribution in [2.75, 3.05) is 19.6 Å². The largest absolute Gasteiger partial charge is 0.378 e. The highest BCUT2D eigenvalue weighted by molar-refractivity contribution is 5.75. The first kappa shape index (κ1) is 26.2. The van der Waals surface area contributed by atoms with Crippen LogP contribution in [0.25, 0.3) is 0 Å². The van der Waals surface area contributed by atoms with Crippen LogP contribution in [0.2, 0.25) is 0 Å². The van der Waals surface area contributed by atoms with E-state index in [4.69, 9.17) is 0 Å². The first-order valence-electron chi connectivity index (χ1n) is 14.6. The molecular weight excluding hydrogens is 458 g/mol. The van der Waals surface area contributed by atoms with Crippen LogP contribution in [-0.4, -0.2) is 47.8 Å². The van der Waals surface area contributed by atoms with Gasteiger partial charge in [-0.05, 0) is 100 Å². The number of nitrogens with zero attached hydrogens (tertiary/aromatic N) is 1. The number of amides is 2. The molecule has 2 heterocycles. The Balaban J connectivity index is 1.10. The van der Waals surface area contributed by atoms with Crippen LogP contribution in [0.3, 0.4) is 0 Å². The van der Waals surface area contributed by atoms with Crippen LogP contribution in [0.4, 0.5) is 4.79 Å². The molecule has 4 aliphatic rings. The summed E-state index contributed by atoms with van der Waals surface area (Å²) in [6.07, 6.45) is 11.6. The maximum atomic E-state index is 13.0. The number of urea groups is 1. The van der Waals surface area contributed by atoms with Crippen LogP contribution in [-0.2, 0) is 5.60 Å². The molecule has 2 aliphatic carbocycles. The summed E-state index contributed by atoms with van der Waals surface area (Å²) in [5.41, 5.74) is 0.225. The molecule has 0 spiro atoms. The van der Waals surface area contributed by atoms with E-state index in [0.717, 1.165) is 41.7 Å². The Bertz CT molecular complexity index is 928. The van der Waals surface area contributed by atoms with Crippen LogP contribution < -0.4 is 10.6 Å².